The second-order valence-corrected chi connectivity index (χ2v) is 7.80. The fourth-order valence-corrected chi connectivity index (χ4v) is 3.14. The van der Waals surface area contributed by atoms with Crippen molar-refractivity contribution in [3.8, 4) is 11.8 Å². The topological polar surface area (TPSA) is 105 Å². The first-order valence-electron chi connectivity index (χ1n) is 9.62. The lowest BCUT2D eigenvalue weighted by molar-refractivity contribution is -0.384. The summed E-state index contributed by atoms with van der Waals surface area (Å²) in [5.41, 5.74) is 2.06. The standard InChI is InChI=1S/C24H17Cl2N3O4/c1-15-2-6-19(29(31)32)12-23(15)28-24(30)18(13-27)10-16-3-7-20(8-4-16)33-14-17-5-9-21(25)22(26)11-17/h2-12H,14H2,1H3,(H,28,30)/b18-10+. The number of nitro benzene ring substituents is 1. The Morgan fingerprint density at radius 2 is 1.85 bits per heavy atom. The average Bonchev–Trinajstić information content (AvgIpc) is 2.80. The van der Waals surface area contributed by atoms with Gasteiger partial charge in [-0.1, -0.05) is 47.5 Å². The number of nitro groups is 1. The van der Waals surface area contributed by atoms with Crippen LogP contribution >= 0.6 is 23.2 Å². The van der Waals surface area contributed by atoms with Crippen molar-refractivity contribution in [2.75, 3.05) is 5.32 Å². The van der Waals surface area contributed by atoms with E-state index < -0.39 is 10.8 Å². The molecule has 0 heterocycles. The predicted molar refractivity (Wildman–Crippen MR) is 127 cm³/mol. The Balaban J connectivity index is 1.69. The number of nitrogens with zero attached hydrogens (tertiary/aromatic N) is 2. The first kappa shape index (κ1) is 23.8. The Labute approximate surface area is 200 Å². The lowest BCUT2D eigenvalue weighted by Gasteiger charge is -2.08. The van der Waals surface area contributed by atoms with Gasteiger partial charge in [-0.05, 0) is 54.0 Å². The Kier molecular flexibility index (Phi) is 7.67. The number of halogens is 2. The zero-order chi connectivity index (χ0) is 24.0. The zero-order valence-corrected chi connectivity index (χ0v) is 18.9. The maximum absolute atomic E-state index is 12.5. The fraction of sp³-hybridized carbons (Fsp3) is 0.0833. The highest BCUT2D eigenvalue weighted by Gasteiger charge is 2.14. The summed E-state index contributed by atoms with van der Waals surface area (Å²) in [5, 5.41) is 23.9. The van der Waals surface area contributed by atoms with Gasteiger partial charge in [-0.3, -0.25) is 14.9 Å². The SMILES string of the molecule is Cc1ccc([N+](=O)[O-])cc1NC(=O)/C(C#N)=C/c1ccc(OCc2ccc(Cl)c(Cl)c2)cc1. The maximum atomic E-state index is 12.5. The molecule has 0 fully saturated rings. The van der Waals surface area contributed by atoms with E-state index in [0.717, 1.165) is 5.56 Å². The highest BCUT2D eigenvalue weighted by molar-refractivity contribution is 6.42. The second-order valence-electron chi connectivity index (χ2n) is 6.99. The third-order valence-corrected chi connectivity index (χ3v) is 5.36. The number of nitrogens with one attached hydrogen (secondary N) is 1. The number of hydrogen-bond donors (Lipinski definition) is 1. The predicted octanol–water partition coefficient (Wildman–Crippen LogP) is 6.33. The van der Waals surface area contributed by atoms with Crippen molar-refractivity contribution in [3.63, 3.8) is 0 Å². The van der Waals surface area contributed by atoms with Crippen LogP contribution in [0.1, 0.15) is 16.7 Å². The number of rotatable bonds is 7. The number of anilines is 1. The molecule has 0 saturated heterocycles. The minimum Gasteiger partial charge on any atom is -0.489 e. The molecule has 0 saturated carbocycles. The van der Waals surface area contributed by atoms with Crippen LogP contribution in [0.4, 0.5) is 11.4 Å². The molecule has 7 nitrogen and oxygen atoms in total. The number of benzene rings is 3. The molecule has 3 aromatic rings. The van der Waals surface area contributed by atoms with Gasteiger partial charge in [0, 0.05) is 12.1 Å². The van der Waals surface area contributed by atoms with Crippen LogP contribution in [0, 0.1) is 28.4 Å². The lowest BCUT2D eigenvalue weighted by Crippen LogP contribution is -2.14. The van der Waals surface area contributed by atoms with E-state index in [4.69, 9.17) is 27.9 Å². The third kappa shape index (κ3) is 6.32. The molecular formula is C24H17Cl2N3O4. The molecule has 1 amide bonds. The van der Waals surface area contributed by atoms with Gasteiger partial charge in [0.1, 0.15) is 24.0 Å². The normalized spacial score (nSPS) is 10.9. The summed E-state index contributed by atoms with van der Waals surface area (Å²) in [6.07, 6.45) is 1.42. The van der Waals surface area contributed by atoms with Crippen molar-refractivity contribution in [3.05, 3.63) is 103 Å². The number of ether oxygens (including phenoxy) is 1. The van der Waals surface area contributed by atoms with Gasteiger partial charge in [0.25, 0.3) is 11.6 Å². The summed E-state index contributed by atoms with van der Waals surface area (Å²) in [6.45, 7) is 1.99. The molecule has 0 aliphatic rings. The summed E-state index contributed by atoms with van der Waals surface area (Å²) in [6, 6.07) is 18.0. The van der Waals surface area contributed by atoms with Gasteiger partial charge >= 0.3 is 0 Å². The number of carbonyl (C=O) groups excluding carboxylic acids is 1. The molecule has 0 aliphatic carbocycles. The molecule has 0 unspecified atom stereocenters. The number of hydrogen-bond acceptors (Lipinski definition) is 5. The van der Waals surface area contributed by atoms with Crippen molar-refractivity contribution < 1.29 is 14.5 Å². The lowest BCUT2D eigenvalue weighted by atomic mass is 10.1. The summed E-state index contributed by atoms with van der Waals surface area (Å²) < 4.78 is 5.72. The molecule has 0 aliphatic heterocycles. The number of carbonyl (C=O) groups is 1. The van der Waals surface area contributed by atoms with E-state index in [9.17, 15) is 20.2 Å². The quantitative estimate of drug-likeness (QED) is 0.183. The van der Waals surface area contributed by atoms with Crippen LogP contribution in [-0.2, 0) is 11.4 Å². The molecule has 9 heteroatoms. The maximum Gasteiger partial charge on any atom is 0.271 e. The molecule has 3 rings (SSSR count). The van der Waals surface area contributed by atoms with E-state index in [1.165, 1.54) is 24.3 Å². The Hall–Kier alpha value is -3.86. The Bertz CT molecular complexity index is 1280. The molecule has 166 valence electrons. The summed E-state index contributed by atoms with van der Waals surface area (Å²) >= 11 is 11.9. The van der Waals surface area contributed by atoms with Gasteiger partial charge in [-0.25, -0.2) is 0 Å². The fourth-order valence-electron chi connectivity index (χ4n) is 2.82. The molecular weight excluding hydrogens is 465 g/mol. The average molecular weight is 482 g/mol. The molecule has 0 aromatic heterocycles. The van der Waals surface area contributed by atoms with E-state index in [1.54, 1.807) is 43.3 Å². The molecule has 1 N–H and O–H groups in total. The zero-order valence-electron chi connectivity index (χ0n) is 17.3. The monoisotopic (exact) mass is 481 g/mol. The van der Waals surface area contributed by atoms with E-state index in [2.05, 4.69) is 5.32 Å². The first-order valence-corrected chi connectivity index (χ1v) is 10.4. The van der Waals surface area contributed by atoms with Gasteiger partial charge in [0.2, 0.25) is 0 Å². The van der Waals surface area contributed by atoms with Crippen LogP contribution in [-0.4, -0.2) is 10.8 Å². The van der Waals surface area contributed by atoms with Gasteiger partial charge < -0.3 is 10.1 Å². The minimum absolute atomic E-state index is 0.148. The third-order valence-electron chi connectivity index (χ3n) is 4.63. The smallest absolute Gasteiger partial charge is 0.271 e. The Morgan fingerprint density at radius 3 is 2.48 bits per heavy atom. The summed E-state index contributed by atoms with van der Waals surface area (Å²) in [7, 11) is 0. The molecule has 3 aromatic carbocycles. The largest absolute Gasteiger partial charge is 0.489 e. The van der Waals surface area contributed by atoms with E-state index >= 15 is 0 Å². The van der Waals surface area contributed by atoms with Crippen LogP contribution in [0.25, 0.3) is 6.08 Å². The minimum atomic E-state index is -0.666. The van der Waals surface area contributed by atoms with Crippen LogP contribution < -0.4 is 10.1 Å². The number of aryl methyl sites for hydroxylation is 1. The van der Waals surface area contributed by atoms with Crippen molar-refractivity contribution in [2.24, 2.45) is 0 Å². The van der Waals surface area contributed by atoms with Gasteiger partial charge in [-0.15, -0.1) is 0 Å². The Morgan fingerprint density at radius 1 is 1.12 bits per heavy atom. The van der Waals surface area contributed by atoms with Crippen LogP contribution in [0.5, 0.6) is 5.75 Å². The van der Waals surface area contributed by atoms with Crippen molar-refractivity contribution in [1.29, 1.82) is 5.26 Å². The van der Waals surface area contributed by atoms with Crippen molar-refractivity contribution >= 4 is 46.6 Å². The van der Waals surface area contributed by atoms with Crippen molar-refractivity contribution in [1.82, 2.24) is 0 Å². The van der Waals surface area contributed by atoms with Crippen LogP contribution in [0.2, 0.25) is 10.0 Å². The molecule has 0 atom stereocenters. The number of nitriles is 1. The first-order chi connectivity index (χ1) is 15.8. The highest BCUT2D eigenvalue weighted by atomic mass is 35.5. The summed E-state index contributed by atoms with van der Waals surface area (Å²) in [5.74, 6) is -0.0746. The molecule has 33 heavy (non-hydrogen) atoms. The highest BCUT2D eigenvalue weighted by Crippen LogP contribution is 2.24. The molecule has 0 radical (unpaired) electrons. The van der Waals surface area contributed by atoms with Crippen molar-refractivity contribution in [2.45, 2.75) is 13.5 Å². The molecule has 0 bridgehead atoms. The van der Waals surface area contributed by atoms with E-state index in [1.807, 2.05) is 12.1 Å². The number of amides is 1. The number of non-ortho nitro benzene ring substituents is 1. The van der Waals surface area contributed by atoms with Crippen LogP contribution in [0.15, 0.2) is 66.2 Å². The van der Waals surface area contributed by atoms with Gasteiger partial charge in [0.15, 0.2) is 0 Å². The van der Waals surface area contributed by atoms with E-state index in [0.29, 0.717) is 33.5 Å². The van der Waals surface area contributed by atoms with Gasteiger partial charge in [-0.2, -0.15) is 5.26 Å². The van der Waals surface area contributed by atoms with Gasteiger partial charge in [0.05, 0.1) is 20.7 Å². The van der Waals surface area contributed by atoms with Crippen LogP contribution in [0.3, 0.4) is 0 Å². The summed E-state index contributed by atoms with van der Waals surface area (Å²) in [4.78, 5) is 23.0. The second kappa shape index (κ2) is 10.6. The van der Waals surface area contributed by atoms with E-state index in [-0.39, 0.29) is 16.9 Å². The molecule has 0 spiro atoms.